The third-order valence-electron chi connectivity index (χ3n) is 6.11. The molecule has 1 saturated heterocycles. The lowest BCUT2D eigenvalue weighted by Crippen LogP contribution is -2.41. The van der Waals surface area contributed by atoms with Crippen LogP contribution in [0.4, 0.5) is 10.5 Å². The van der Waals surface area contributed by atoms with Crippen molar-refractivity contribution in [2.24, 2.45) is 0 Å². The molecular weight excluding hydrogens is 351 g/mol. The maximum Gasteiger partial charge on any atom is 0.490 e. The zero-order valence-electron chi connectivity index (χ0n) is 17.9. The zero-order chi connectivity index (χ0) is 20.4. The molecule has 1 N–H and O–H groups in total. The summed E-state index contributed by atoms with van der Waals surface area (Å²) in [6, 6.07) is 8.09. The average Bonchev–Trinajstić information content (AvgIpc) is 2.88. The van der Waals surface area contributed by atoms with Gasteiger partial charge in [-0.3, -0.25) is 0 Å². The number of carbonyl (C=O) groups excluding carboxylic acids is 1. The van der Waals surface area contributed by atoms with Crippen molar-refractivity contribution in [2.45, 2.75) is 71.5 Å². The normalized spacial score (nSPS) is 20.8. The van der Waals surface area contributed by atoms with Crippen LogP contribution in [0.25, 0.3) is 0 Å². The Kier molecular flexibility index (Phi) is 6.20. The zero-order valence-corrected chi connectivity index (χ0v) is 17.9. The van der Waals surface area contributed by atoms with Crippen LogP contribution in [0, 0.1) is 0 Å². The topological polar surface area (TPSA) is 50.8 Å². The molecule has 5 nitrogen and oxygen atoms in total. The molecule has 0 spiro atoms. The minimum absolute atomic E-state index is 0.0643. The summed E-state index contributed by atoms with van der Waals surface area (Å²) in [5.41, 5.74) is 2.61. The van der Waals surface area contributed by atoms with Crippen molar-refractivity contribution in [3.63, 3.8) is 0 Å². The van der Waals surface area contributed by atoms with E-state index < -0.39 is 0 Å². The number of anilines is 1. The molecule has 1 aromatic rings. The van der Waals surface area contributed by atoms with Crippen LogP contribution in [0.3, 0.4) is 0 Å². The number of benzene rings is 1. The summed E-state index contributed by atoms with van der Waals surface area (Å²) in [7, 11) is -0.314. The lowest BCUT2D eigenvalue weighted by Gasteiger charge is -2.32. The Hall–Kier alpha value is -1.79. The molecule has 1 aromatic carbocycles. The Labute approximate surface area is 169 Å². The Balaban J connectivity index is 1.53. The van der Waals surface area contributed by atoms with Crippen LogP contribution in [0.1, 0.15) is 59.4 Å². The van der Waals surface area contributed by atoms with Crippen LogP contribution >= 0.6 is 0 Å². The van der Waals surface area contributed by atoms with E-state index in [1.54, 1.807) is 0 Å². The second kappa shape index (κ2) is 8.30. The van der Waals surface area contributed by atoms with Gasteiger partial charge in [0.2, 0.25) is 0 Å². The summed E-state index contributed by atoms with van der Waals surface area (Å²) < 4.78 is 12.2. The number of unbranched alkanes of at least 4 members (excludes halogenated alkanes) is 1. The Morgan fingerprint density at radius 2 is 1.79 bits per heavy atom. The van der Waals surface area contributed by atoms with Crippen LogP contribution < -0.4 is 5.32 Å². The second-order valence-electron chi connectivity index (χ2n) is 8.79. The molecule has 2 heterocycles. The smallest absolute Gasteiger partial charge is 0.400 e. The minimum atomic E-state index is -0.337. The Morgan fingerprint density at radius 1 is 1.14 bits per heavy atom. The number of hydrogen-bond donors (Lipinski definition) is 1. The van der Waals surface area contributed by atoms with Gasteiger partial charge in [-0.2, -0.15) is 0 Å². The molecule has 28 heavy (non-hydrogen) atoms. The maximum atomic E-state index is 12.6. The van der Waals surface area contributed by atoms with Gasteiger partial charge in [0, 0.05) is 18.8 Å². The number of hydrogen-bond acceptors (Lipinski definition) is 3. The molecule has 2 aliphatic rings. The largest absolute Gasteiger partial charge is 0.490 e. The summed E-state index contributed by atoms with van der Waals surface area (Å²) in [4.78, 5) is 14.4. The Bertz CT molecular complexity index is 712. The molecule has 0 saturated carbocycles. The minimum Gasteiger partial charge on any atom is -0.400 e. The monoisotopic (exact) mass is 384 g/mol. The van der Waals surface area contributed by atoms with Crippen molar-refractivity contribution in [1.29, 1.82) is 0 Å². The van der Waals surface area contributed by atoms with Crippen LogP contribution in [0.15, 0.2) is 35.8 Å². The third kappa shape index (κ3) is 4.61. The van der Waals surface area contributed by atoms with Gasteiger partial charge < -0.3 is 19.5 Å². The molecule has 152 valence electrons. The molecule has 3 rings (SSSR count). The van der Waals surface area contributed by atoms with Gasteiger partial charge >= 0.3 is 13.1 Å². The third-order valence-corrected chi connectivity index (χ3v) is 6.11. The first kappa shape index (κ1) is 20.9. The first-order valence-electron chi connectivity index (χ1n) is 10.4. The summed E-state index contributed by atoms with van der Waals surface area (Å²) in [5.74, 6) is 0. The first-order chi connectivity index (χ1) is 13.2. The van der Waals surface area contributed by atoms with Gasteiger partial charge in [-0.25, -0.2) is 4.79 Å². The number of carbonyl (C=O) groups is 1. The van der Waals surface area contributed by atoms with E-state index in [0.717, 1.165) is 24.0 Å². The van der Waals surface area contributed by atoms with Gasteiger partial charge in [0.25, 0.3) is 0 Å². The molecule has 1 fully saturated rings. The van der Waals surface area contributed by atoms with Crippen LogP contribution in [-0.2, 0) is 15.7 Å². The number of rotatable bonds is 5. The van der Waals surface area contributed by atoms with Crippen molar-refractivity contribution >= 4 is 18.8 Å². The van der Waals surface area contributed by atoms with E-state index in [1.165, 1.54) is 18.4 Å². The molecule has 0 aromatic heterocycles. The molecular formula is C22H33BN2O3. The fourth-order valence-electron chi connectivity index (χ4n) is 3.42. The molecule has 0 bridgehead atoms. The van der Waals surface area contributed by atoms with E-state index in [1.807, 2.05) is 17.0 Å². The highest BCUT2D eigenvalue weighted by molar-refractivity contribution is 6.54. The standard InChI is InChI=1S/C22H33BN2O3/c1-6-7-8-17-9-11-19(12-10-17)24-20(26)25-15-13-18(14-16-25)23-27-21(2,3)22(4,5)28-23/h9-13H,6-8,14-16H2,1-5H3,(H,24,26). The molecule has 0 radical (unpaired) electrons. The van der Waals surface area contributed by atoms with E-state index in [0.29, 0.717) is 13.1 Å². The molecule has 2 amide bonds. The lowest BCUT2D eigenvalue weighted by molar-refractivity contribution is 0.00578. The summed E-state index contributed by atoms with van der Waals surface area (Å²) in [5, 5.41) is 3.00. The number of nitrogens with zero attached hydrogens (tertiary/aromatic N) is 1. The quantitative estimate of drug-likeness (QED) is 0.741. The van der Waals surface area contributed by atoms with Gasteiger partial charge in [0.1, 0.15) is 0 Å². The van der Waals surface area contributed by atoms with E-state index >= 15 is 0 Å². The average molecular weight is 384 g/mol. The van der Waals surface area contributed by atoms with Gasteiger partial charge in [0.05, 0.1) is 11.2 Å². The van der Waals surface area contributed by atoms with Crippen molar-refractivity contribution in [2.75, 3.05) is 18.4 Å². The first-order valence-corrected chi connectivity index (χ1v) is 10.4. The van der Waals surface area contributed by atoms with Gasteiger partial charge in [0.15, 0.2) is 0 Å². The SMILES string of the molecule is CCCCc1ccc(NC(=O)N2CC=C(B3OC(C)(C)C(C)(C)O3)CC2)cc1. The van der Waals surface area contributed by atoms with Crippen LogP contribution in [-0.4, -0.2) is 42.3 Å². The maximum absolute atomic E-state index is 12.6. The van der Waals surface area contributed by atoms with Gasteiger partial charge in [-0.15, -0.1) is 0 Å². The summed E-state index contributed by atoms with van der Waals surface area (Å²) in [6.07, 6.45) is 6.30. The number of urea groups is 1. The van der Waals surface area contributed by atoms with Crippen LogP contribution in [0.5, 0.6) is 0 Å². The van der Waals surface area contributed by atoms with E-state index in [2.05, 4.69) is 58.1 Å². The predicted octanol–water partition coefficient (Wildman–Crippen LogP) is 4.82. The highest BCUT2D eigenvalue weighted by Crippen LogP contribution is 2.39. The van der Waals surface area contributed by atoms with Gasteiger partial charge in [-0.1, -0.05) is 31.6 Å². The van der Waals surface area contributed by atoms with Crippen molar-refractivity contribution in [3.05, 3.63) is 41.4 Å². The van der Waals surface area contributed by atoms with E-state index in [9.17, 15) is 4.79 Å². The predicted molar refractivity (Wildman–Crippen MR) is 114 cm³/mol. The fraction of sp³-hybridized carbons (Fsp3) is 0.591. The summed E-state index contributed by atoms with van der Waals surface area (Å²) in [6.45, 7) is 11.7. The fourth-order valence-corrected chi connectivity index (χ4v) is 3.42. The van der Waals surface area contributed by atoms with Gasteiger partial charge in [-0.05, 0) is 70.1 Å². The number of amides is 2. The molecule has 0 unspecified atom stereocenters. The van der Waals surface area contributed by atoms with Crippen molar-refractivity contribution in [1.82, 2.24) is 4.90 Å². The van der Waals surface area contributed by atoms with Crippen molar-refractivity contribution < 1.29 is 14.1 Å². The molecule has 2 aliphatic heterocycles. The second-order valence-corrected chi connectivity index (χ2v) is 8.79. The lowest BCUT2D eigenvalue weighted by atomic mass is 9.75. The van der Waals surface area contributed by atoms with Crippen molar-refractivity contribution in [3.8, 4) is 0 Å². The highest BCUT2D eigenvalue weighted by Gasteiger charge is 2.52. The van der Waals surface area contributed by atoms with E-state index in [-0.39, 0.29) is 24.4 Å². The number of nitrogens with one attached hydrogen (secondary N) is 1. The van der Waals surface area contributed by atoms with E-state index in [4.69, 9.17) is 9.31 Å². The molecule has 6 heteroatoms. The van der Waals surface area contributed by atoms with Crippen LogP contribution in [0.2, 0.25) is 0 Å². The molecule has 0 aliphatic carbocycles. The molecule has 0 atom stereocenters. The summed E-state index contributed by atoms with van der Waals surface area (Å²) >= 11 is 0. The Morgan fingerprint density at radius 3 is 2.32 bits per heavy atom. The number of aryl methyl sites for hydroxylation is 1. The highest BCUT2D eigenvalue weighted by atomic mass is 16.7.